The van der Waals surface area contributed by atoms with Gasteiger partial charge in [0.2, 0.25) is 0 Å². The third-order valence-corrected chi connectivity index (χ3v) is 3.56. The predicted molar refractivity (Wildman–Crippen MR) is 50.6 cm³/mol. The molecule has 1 aliphatic carbocycles. The molecule has 0 N–H and O–H groups in total. The van der Waals surface area contributed by atoms with Gasteiger partial charge in [0, 0.05) is 6.42 Å². The lowest BCUT2D eigenvalue weighted by Crippen LogP contribution is -2.25. The van der Waals surface area contributed by atoms with Crippen LogP contribution in [0.1, 0.15) is 33.6 Å². The Morgan fingerprint density at radius 1 is 1.07 bits per heavy atom. The van der Waals surface area contributed by atoms with Crippen molar-refractivity contribution in [2.45, 2.75) is 57.9 Å². The standard InChI is InChI=1S/C11H18O3/c1-6-4-7(6)8-5-9-10(12-8)14-11(2,3)13-9/h6-10H,4-5H2,1-3H3/t6-,7-,8-,9+,10+/m0/s1. The van der Waals surface area contributed by atoms with E-state index in [0.717, 1.165) is 18.3 Å². The van der Waals surface area contributed by atoms with Crippen LogP contribution < -0.4 is 0 Å². The van der Waals surface area contributed by atoms with Gasteiger partial charge in [0.15, 0.2) is 12.1 Å². The maximum atomic E-state index is 5.87. The molecule has 3 aliphatic rings. The summed E-state index contributed by atoms with van der Waals surface area (Å²) in [4.78, 5) is 0. The van der Waals surface area contributed by atoms with Crippen LogP contribution in [0.15, 0.2) is 0 Å². The second-order valence-electron chi connectivity index (χ2n) is 5.33. The van der Waals surface area contributed by atoms with Crippen LogP contribution in [0.25, 0.3) is 0 Å². The van der Waals surface area contributed by atoms with E-state index in [-0.39, 0.29) is 12.4 Å². The van der Waals surface area contributed by atoms with Crippen LogP contribution in [-0.4, -0.2) is 24.3 Å². The van der Waals surface area contributed by atoms with E-state index in [4.69, 9.17) is 14.2 Å². The molecule has 5 atom stereocenters. The summed E-state index contributed by atoms with van der Waals surface area (Å²) in [5.41, 5.74) is 0. The van der Waals surface area contributed by atoms with Crippen molar-refractivity contribution in [2.75, 3.05) is 0 Å². The van der Waals surface area contributed by atoms with Crippen molar-refractivity contribution in [1.29, 1.82) is 0 Å². The van der Waals surface area contributed by atoms with Crippen LogP contribution in [0.2, 0.25) is 0 Å². The van der Waals surface area contributed by atoms with Crippen LogP contribution in [0.5, 0.6) is 0 Å². The number of hydrogen-bond donors (Lipinski definition) is 0. The van der Waals surface area contributed by atoms with E-state index in [1.54, 1.807) is 0 Å². The molecule has 3 rings (SSSR count). The minimum Gasteiger partial charge on any atom is -0.346 e. The fourth-order valence-electron chi connectivity index (χ4n) is 2.68. The lowest BCUT2D eigenvalue weighted by Gasteiger charge is -2.20. The fourth-order valence-corrected chi connectivity index (χ4v) is 2.68. The van der Waals surface area contributed by atoms with Crippen molar-refractivity contribution in [3.05, 3.63) is 0 Å². The lowest BCUT2D eigenvalue weighted by molar-refractivity contribution is -0.206. The predicted octanol–water partition coefficient (Wildman–Crippen LogP) is 1.91. The summed E-state index contributed by atoms with van der Waals surface area (Å²) in [6, 6.07) is 0. The number of fused-ring (bicyclic) bond motifs is 1. The van der Waals surface area contributed by atoms with E-state index in [1.807, 2.05) is 13.8 Å². The van der Waals surface area contributed by atoms with Crippen LogP contribution in [-0.2, 0) is 14.2 Å². The third-order valence-electron chi connectivity index (χ3n) is 3.56. The highest BCUT2D eigenvalue weighted by Gasteiger charge is 2.53. The Bertz CT molecular complexity index is 235. The summed E-state index contributed by atoms with van der Waals surface area (Å²) in [6.07, 6.45) is 2.78. The SMILES string of the molecule is C[C@H]1C[C@@H]1[C@@H]1C[C@H]2OC(C)(C)O[C@H]2O1. The number of ether oxygens (including phenoxy) is 3. The molecule has 2 saturated heterocycles. The van der Waals surface area contributed by atoms with Gasteiger partial charge in [0.05, 0.1) is 6.10 Å². The Labute approximate surface area is 84.7 Å². The summed E-state index contributed by atoms with van der Waals surface area (Å²) >= 11 is 0. The molecule has 0 spiro atoms. The van der Waals surface area contributed by atoms with Crippen molar-refractivity contribution >= 4 is 0 Å². The third kappa shape index (κ3) is 1.38. The highest BCUT2D eigenvalue weighted by molar-refractivity contribution is 4.96. The average Bonchev–Trinajstić information content (AvgIpc) is 2.53. The molecule has 3 fully saturated rings. The van der Waals surface area contributed by atoms with Gasteiger partial charge in [-0.05, 0) is 32.1 Å². The first-order chi connectivity index (χ1) is 6.55. The lowest BCUT2D eigenvalue weighted by atomic mass is 10.1. The molecule has 0 aromatic carbocycles. The molecule has 3 nitrogen and oxygen atoms in total. The molecule has 1 saturated carbocycles. The first kappa shape index (κ1) is 9.13. The molecule has 0 aromatic rings. The Kier molecular flexibility index (Phi) is 1.77. The van der Waals surface area contributed by atoms with Crippen molar-refractivity contribution in [3.63, 3.8) is 0 Å². The Balaban J connectivity index is 1.63. The largest absolute Gasteiger partial charge is 0.346 e. The molecule has 2 aliphatic heterocycles. The zero-order chi connectivity index (χ0) is 9.92. The van der Waals surface area contributed by atoms with E-state index in [9.17, 15) is 0 Å². The topological polar surface area (TPSA) is 27.7 Å². The molecular weight excluding hydrogens is 180 g/mol. The molecule has 2 heterocycles. The summed E-state index contributed by atoms with van der Waals surface area (Å²) in [6.45, 7) is 6.18. The van der Waals surface area contributed by atoms with E-state index >= 15 is 0 Å². The highest BCUT2D eigenvalue weighted by atomic mass is 16.8. The van der Waals surface area contributed by atoms with Crippen LogP contribution in [0.3, 0.4) is 0 Å². The Morgan fingerprint density at radius 3 is 2.36 bits per heavy atom. The van der Waals surface area contributed by atoms with Gasteiger partial charge in [-0.3, -0.25) is 0 Å². The van der Waals surface area contributed by atoms with Gasteiger partial charge < -0.3 is 14.2 Å². The molecule has 14 heavy (non-hydrogen) atoms. The molecule has 0 amide bonds. The van der Waals surface area contributed by atoms with Crippen molar-refractivity contribution in [1.82, 2.24) is 0 Å². The molecule has 80 valence electrons. The van der Waals surface area contributed by atoms with E-state index in [1.165, 1.54) is 6.42 Å². The maximum Gasteiger partial charge on any atom is 0.187 e. The quantitative estimate of drug-likeness (QED) is 0.644. The van der Waals surface area contributed by atoms with Gasteiger partial charge in [-0.2, -0.15) is 0 Å². The van der Waals surface area contributed by atoms with Gasteiger partial charge in [-0.25, -0.2) is 0 Å². The first-order valence-corrected chi connectivity index (χ1v) is 5.56. The highest BCUT2D eigenvalue weighted by Crippen LogP contribution is 2.48. The van der Waals surface area contributed by atoms with Crippen LogP contribution in [0, 0.1) is 11.8 Å². The Morgan fingerprint density at radius 2 is 1.79 bits per heavy atom. The monoisotopic (exact) mass is 198 g/mol. The van der Waals surface area contributed by atoms with Crippen molar-refractivity contribution in [2.24, 2.45) is 11.8 Å². The summed E-state index contributed by atoms with van der Waals surface area (Å²) in [5.74, 6) is 1.15. The molecular formula is C11H18O3. The van der Waals surface area contributed by atoms with Crippen LogP contribution in [0.4, 0.5) is 0 Å². The van der Waals surface area contributed by atoms with Crippen LogP contribution >= 0.6 is 0 Å². The summed E-state index contributed by atoms with van der Waals surface area (Å²) < 4.78 is 17.3. The molecule has 0 unspecified atom stereocenters. The normalized spacial score (nSPS) is 54.6. The van der Waals surface area contributed by atoms with Crippen molar-refractivity contribution in [3.8, 4) is 0 Å². The molecule has 0 radical (unpaired) electrons. The zero-order valence-corrected chi connectivity index (χ0v) is 9.03. The molecule has 3 heteroatoms. The number of rotatable bonds is 1. The summed E-state index contributed by atoms with van der Waals surface area (Å²) in [7, 11) is 0. The minimum atomic E-state index is -0.449. The zero-order valence-electron chi connectivity index (χ0n) is 9.03. The van der Waals surface area contributed by atoms with E-state index < -0.39 is 5.79 Å². The fraction of sp³-hybridized carbons (Fsp3) is 1.00. The minimum absolute atomic E-state index is 0.109. The van der Waals surface area contributed by atoms with Gasteiger partial charge in [0.1, 0.15) is 6.10 Å². The second kappa shape index (κ2) is 2.71. The van der Waals surface area contributed by atoms with E-state index in [0.29, 0.717) is 6.10 Å². The average molecular weight is 198 g/mol. The van der Waals surface area contributed by atoms with Crippen molar-refractivity contribution < 1.29 is 14.2 Å². The second-order valence-corrected chi connectivity index (χ2v) is 5.33. The van der Waals surface area contributed by atoms with Gasteiger partial charge in [-0.1, -0.05) is 6.92 Å². The van der Waals surface area contributed by atoms with Gasteiger partial charge in [0.25, 0.3) is 0 Å². The number of hydrogen-bond acceptors (Lipinski definition) is 3. The summed E-state index contributed by atoms with van der Waals surface area (Å²) in [5, 5.41) is 0. The van der Waals surface area contributed by atoms with Gasteiger partial charge >= 0.3 is 0 Å². The van der Waals surface area contributed by atoms with E-state index in [2.05, 4.69) is 6.92 Å². The molecule has 0 aromatic heterocycles. The maximum absolute atomic E-state index is 5.87. The van der Waals surface area contributed by atoms with Gasteiger partial charge in [-0.15, -0.1) is 0 Å². The first-order valence-electron chi connectivity index (χ1n) is 5.56. The Hall–Kier alpha value is -0.120. The molecule has 0 bridgehead atoms. The smallest absolute Gasteiger partial charge is 0.187 e.